The van der Waals surface area contributed by atoms with E-state index in [1.807, 2.05) is 0 Å². The number of nitrogens with zero attached hydrogens (tertiary/aromatic N) is 4. The van der Waals surface area contributed by atoms with E-state index < -0.39 is 10.0 Å². The Hall–Kier alpha value is -2.44. The van der Waals surface area contributed by atoms with Crippen molar-refractivity contribution in [2.45, 2.75) is 42.7 Å². The van der Waals surface area contributed by atoms with Crippen LogP contribution in [-0.4, -0.2) is 64.6 Å². The number of sulfonamides is 1. The van der Waals surface area contributed by atoms with Gasteiger partial charge in [0.2, 0.25) is 15.9 Å². The summed E-state index contributed by atoms with van der Waals surface area (Å²) in [4.78, 5) is 24.4. The minimum Gasteiger partial charge on any atom is -0.356 e. The van der Waals surface area contributed by atoms with E-state index in [1.165, 1.54) is 35.1 Å². The van der Waals surface area contributed by atoms with Gasteiger partial charge < -0.3 is 5.32 Å². The van der Waals surface area contributed by atoms with Crippen LogP contribution in [0, 0.1) is 0 Å². The van der Waals surface area contributed by atoms with Crippen molar-refractivity contribution in [1.82, 2.24) is 24.4 Å². The molecule has 1 fully saturated rings. The van der Waals surface area contributed by atoms with Crippen molar-refractivity contribution < 1.29 is 18.0 Å². The summed E-state index contributed by atoms with van der Waals surface area (Å²) in [5, 5.41) is 12.5. The van der Waals surface area contributed by atoms with E-state index in [2.05, 4.69) is 15.5 Å². The van der Waals surface area contributed by atoms with Crippen LogP contribution in [-0.2, 0) is 21.2 Å². The van der Waals surface area contributed by atoms with Gasteiger partial charge in [0.25, 0.3) is 0 Å². The van der Waals surface area contributed by atoms with Crippen LogP contribution in [0.5, 0.6) is 0 Å². The van der Waals surface area contributed by atoms with Gasteiger partial charge in [-0.05, 0) is 43.2 Å². The predicted molar refractivity (Wildman–Crippen MR) is 148 cm³/mol. The molecule has 1 saturated heterocycles. The van der Waals surface area contributed by atoms with Gasteiger partial charge in [-0.3, -0.25) is 14.2 Å². The lowest BCUT2D eigenvalue weighted by atomic mass is 10.1. The Labute approximate surface area is 236 Å². The first-order valence-electron chi connectivity index (χ1n) is 12.1. The molecule has 1 aromatic heterocycles. The van der Waals surface area contributed by atoms with Gasteiger partial charge in [0.05, 0.1) is 26.4 Å². The lowest BCUT2D eigenvalue weighted by Gasteiger charge is -2.25. The third-order valence-electron chi connectivity index (χ3n) is 6.05. The second-order valence-electron chi connectivity index (χ2n) is 8.77. The molecule has 4 rings (SSSR count). The smallest absolute Gasteiger partial charge is 0.243 e. The summed E-state index contributed by atoms with van der Waals surface area (Å²) in [5.41, 5.74) is 1.08. The first kappa shape index (κ1) is 28.6. The normalized spacial score (nSPS) is 14.4. The fourth-order valence-electron chi connectivity index (χ4n) is 4.07. The molecule has 13 heteroatoms. The van der Waals surface area contributed by atoms with E-state index >= 15 is 0 Å². The van der Waals surface area contributed by atoms with Crippen LogP contribution >= 0.6 is 35.0 Å². The highest BCUT2D eigenvalue weighted by Crippen LogP contribution is 2.29. The van der Waals surface area contributed by atoms with Crippen LogP contribution < -0.4 is 5.32 Å². The van der Waals surface area contributed by atoms with Gasteiger partial charge in [-0.25, -0.2) is 8.42 Å². The number of amides is 1. The summed E-state index contributed by atoms with van der Waals surface area (Å²) < 4.78 is 29.1. The van der Waals surface area contributed by atoms with Crippen LogP contribution in [0.2, 0.25) is 10.0 Å². The Morgan fingerprint density at radius 2 is 1.71 bits per heavy atom. The van der Waals surface area contributed by atoms with Gasteiger partial charge >= 0.3 is 0 Å². The molecule has 2 aromatic carbocycles. The Morgan fingerprint density at radius 1 is 1.00 bits per heavy atom. The Bertz CT molecular complexity index is 1420. The number of carbonyl (C=O) groups is 2. The summed E-state index contributed by atoms with van der Waals surface area (Å²) in [6, 6.07) is 11.2. The van der Waals surface area contributed by atoms with Gasteiger partial charge in [0.1, 0.15) is 5.82 Å². The highest BCUT2D eigenvalue weighted by Gasteiger charge is 2.26. The number of carbonyl (C=O) groups excluding carboxylic acids is 2. The molecule has 0 spiro atoms. The largest absolute Gasteiger partial charge is 0.356 e. The predicted octanol–water partition coefficient (Wildman–Crippen LogP) is 4.40. The van der Waals surface area contributed by atoms with Crippen LogP contribution in [0.25, 0.3) is 5.69 Å². The van der Waals surface area contributed by atoms with Gasteiger partial charge in [-0.2, -0.15) is 4.31 Å². The summed E-state index contributed by atoms with van der Waals surface area (Å²) in [6.07, 6.45) is 3.16. The maximum atomic E-state index is 13.0. The number of halogens is 2. The molecule has 1 aliphatic rings. The van der Waals surface area contributed by atoms with Crippen LogP contribution in [0.1, 0.15) is 42.4 Å². The molecule has 1 aliphatic heterocycles. The number of nitrogens with one attached hydrogen (secondary N) is 1. The van der Waals surface area contributed by atoms with Crippen molar-refractivity contribution in [2.75, 3.05) is 25.4 Å². The fraction of sp³-hybridized carbons (Fsp3) is 0.360. The lowest BCUT2D eigenvalue weighted by Crippen LogP contribution is -2.35. The molecule has 202 valence electrons. The fourth-order valence-corrected chi connectivity index (χ4v) is 6.74. The molecule has 0 aliphatic carbocycles. The number of Topliss-reactive ketones (excluding diaryl/α,β-unsaturated/α-hetero) is 1. The van der Waals surface area contributed by atoms with Crippen molar-refractivity contribution >= 4 is 56.7 Å². The zero-order valence-corrected chi connectivity index (χ0v) is 23.8. The van der Waals surface area contributed by atoms with E-state index in [9.17, 15) is 18.0 Å². The molecule has 38 heavy (non-hydrogen) atoms. The molecule has 0 saturated carbocycles. The van der Waals surface area contributed by atoms with E-state index in [0.717, 1.165) is 19.3 Å². The van der Waals surface area contributed by atoms with Crippen molar-refractivity contribution in [2.24, 2.45) is 0 Å². The topological polar surface area (TPSA) is 114 Å². The highest BCUT2D eigenvalue weighted by molar-refractivity contribution is 7.99. The van der Waals surface area contributed by atoms with E-state index in [1.54, 1.807) is 34.9 Å². The Kier molecular flexibility index (Phi) is 9.48. The van der Waals surface area contributed by atoms with Crippen molar-refractivity contribution in [3.05, 3.63) is 63.9 Å². The first-order valence-corrected chi connectivity index (χ1v) is 15.3. The SMILES string of the molecule is CC(=O)NCCc1nnc(SCC(=O)c2ccc(S(=O)(=O)N3CCCCC3)cc2)n1-c1ccc(Cl)c(Cl)c1. The third-order valence-corrected chi connectivity index (χ3v) is 9.63. The monoisotopic (exact) mass is 595 g/mol. The van der Waals surface area contributed by atoms with Gasteiger partial charge in [0.15, 0.2) is 10.9 Å². The average molecular weight is 597 g/mol. The number of aromatic nitrogens is 3. The van der Waals surface area contributed by atoms with Crippen LogP contribution in [0.3, 0.4) is 0 Å². The molecule has 0 atom stereocenters. The van der Waals surface area contributed by atoms with Crippen molar-refractivity contribution in [3.8, 4) is 5.69 Å². The van der Waals surface area contributed by atoms with Gasteiger partial charge in [-0.15, -0.1) is 10.2 Å². The molecule has 9 nitrogen and oxygen atoms in total. The first-order chi connectivity index (χ1) is 18.2. The van der Waals surface area contributed by atoms with Gasteiger partial charge in [0, 0.05) is 38.5 Å². The standard InChI is InChI=1S/C25H27Cl2N5O4S2/c1-17(33)28-12-11-24-29-30-25(32(24)19-7-10-21(26)22(27)15-19)37-16-23(34)18-5-8-20(9-6-18)38(35,36)31-13-3-2-4-14-31/h5-10,15H,2-4,11-14,16H2,1H3,(H,28,33). The number of benzene rings is 2. The maximum absolute atomic E-state index is 13.0. The summed E-state index contributed by atoms with van der Waals surface area (Å²) >= 11 is 13.5. The second kappa shape index (κ2) is 12.6. The third kappa shape index (κ3) is 6.76. The molecule has 3 aromatic rings. The van der Waals surface area contributed by atoms with Crippen molar-refractivity contribution in [1.29, 1.82) is 0 Å². The number of piperidine rings is 1. The van der Waals surface area contributed by atoms with E-state index in [4.69, 9.17) is 23.2 Å². The molecule has 1 amide bonds. The minimum atomic E-state index is -3.56. The zero-order chi connectivity index (χ0) is 27.3. The molecule has 1 N–H and O–H groups in total. The van der Waals surface area contributed by atoms with E-state index in [0.29, 0.717) is 58.3 Å². The number of hydrogen-bond acceptors (Lipinski definition) is 7. The molecule has 0 bridgehead atoms. The molecule has 2 heterocycles. The molecular formula is C25H27Cl2N5O4S2. The lowest BCUT2D eigenvalue weighted by molar-refractivity contribution is -0.118. The summed E-state index contributed by atoms with van der Waals surface area (Å²) in [6.45, 7) is 2.84. The molecule has 0 unspecified atom stereocenters. The van der Waals surface area contributed by atoms with E-state index in [-0.39, 0.29) is 22.3 Å². The van der Waals surface area contributed by atoms with Crippen LogP contribution in [0.4, 0.5) is 0 Å². The van der Waals surface area contributed by atoms with Gasteiger partial charge in [-0.1, -0.05) is 53.5 Å². The minimum absolute atomic E-state index is 0.0589. The number of rotatable bonds is 10. The number of ketones is 1. The molecular weight excluding hydrogens is 569 g/mol. The Morgan fingerprint density at radius 3 is 2.37 bits per heavy atom. The highest BCUT2D eigenvalue weighted by atomic mass is 35.5. The number of hydrogen-bond donors (Lipinski definition) is 1. The number of thioether (sulfide) groups is 1. The Balaban J connectivity index is 1.49. The second-order valence-corrected chi connectivity index (χ2v) is 12.5. The summed E-state index contributed by atoms with van der Waals surface area (Å²) in [5.74, 6) is 0.309. The van der Waals surface area contributed by atoms with Crippen molar-refractivity contribution in [3.63, 3.8) is 0 Å². The quantitative estimate of drug-likeness (QED) is 0.273. The maximum Gasteiger partial charge on any atom is 0.243 e. The zero-order valence-electron chi connectivity index (χ0n) is 20.7. The summed E-state index contributed by atoms with van der Waals surface area (Å²) in [7, 11) is -3.56. The van der Waals surface area contributed by atoms with Crippen LogP contribution in [0.15, 0.2) is 52.5 Å². The molecule has 0 radical (unpaired) electrons. The average Bonchev–Trinajstić information content (AvgIpc) is 3.31.